The van der Waals surface area contributed by atoms with Gasteiger partial charge in [0.2, 0.25) is 0 Å². The van der Waals surface area contributed by atoms with Gasteiger partial charge in [0.15, 0.2) is 0 Å². The van der Waals surface area contributed by atoms with Gasteiger partial charge in [-0.3, -0.25) is 4.79 Å². The van der Waals surface area contributed by atoms with E-state index in [9.17, 15) is 18.0 Å². The van der Waals surface area contributed by atoms with E-state index in [4.69, 9.17) is 0 Å². The van der Waals surface area contributed by atoms with E-state index in [-0.39, 0.29) is 5.56 Å². The van der Waals surface area contributed by atoms with Crippen molar-refractivity contribution in [3.8, 4) is 11.3 Å². The summed E-state index contributed by atoms with van der Waals surface area (Å²) in [5, 5.41) is 2.70. The van der Waals surface area contributed by atoms with Crippen LogP contribution in [0.1, 0.15) is 34.6 Å². The zero-order chi connectivity index (χ0) is 19.7. The van der Waals surface area contributed by atoms with Crippen LogP contribution in [0, 0.1) is 0 Å². The summed E-state index contributed by atoms with van der Waals surface area (Å²) >= 11 is 0. The number of aromatic nitrogens is 2. The minimum absolute atomic E-state index is 0.166. The van der Waals surface area contributed by atoms with E-state index in [1.165, 1.54) is 12.1 Å². The maximum absolute atomic E-state index is 12.6. The minimum Gasteiger partial charge on any atom is -0.334 e. The van der Waals surface area contributed by atoms with Crippen molar-refractivity contribution in [3.05, 3.63) is 71.7 Å². The third-order valence-electron chi connectivity index (χ3n) is 4.82. The number of benzene rings is 2. The molecule has 28 heavy (non-hydrogen) atoms. The second-order valence-electron chi connectivity index (χ2n) is 6.80. The van der Waals surface area contributed by atoms with Crippen LogP contribution in [0.4, 0.5) is 18.9 Å². The number of alkyl halides is 3. The molecule has 4 rings (SSSR count). The summed E-state index contributed by atoms with van der Waals surface area (Å²) < 4.78 is 40.0. The highest BCUT2D eigenvalue weighted by atomic mass is 19.4. The maximum Gasteiger partial charge on any atom is 0.416 e. The van der Waals surface area contributed by atoms with E-state index in [0.717, 1.165) is 55.0 Å². The summed E-state index contributed by atoms with van der Waals surface area (Å²) in [6.07, 6.45) is 0.936. The Kier molecular flexibility index (Phi) is 4.66. The highest BCUT2D eigenvalue weighted by molar-refractivity contribution is 6.04. The van der Waals surface area contributed by atoms with Crippen LogP contribution in [0.5, 0.6) is 0 Å². The van der Waals surface area contributed by atoms with E-state index in [1.807, 2.05) is 18.3 Å². The Balaban J connectivity index is 1.45. The van der Waals surface area contributed by atoms with E-state index in [2.05, 4.69) is 14.9 Å². The molecule has 0 atom stereocenters. The van der Waals surface area contributed by atoms with Crippen LogP contribution in [0.2, 0.25) is 0 Å². The molecule has 0 radical (unpaired) electrons. The number of nitrogens with one attached hydrogen (secondary N) is 1. The van der Waals surface area contributed by atoms with Crippen molar-refractivity contribution in [3.63, 3.8) is 0 Å². The topological polar surface area (TPSA) is 46.9 Å². The van der Waals surface area contributed by atoms with Gasteiger partial charge in [0.25, 0.3) is 5.91 Å². The average molecular weight is 385 g/mol. The predicted molar refractivity (Wildman–Crippen MR) is 100.0 cm³/mol. The molecule has 0 spiro atoms. The van der Waals surface area contributed by atoms with Crippen LogP contribution in [-0.2, 0) is 19.1 Å². The number of amides is 1. The van der Waals surface area contributed by atoms with Gasteiger partial charge < -0.3 is 9.88 Å². The molecule has 1 aliphatic heterocycles. The normalized spacial score (nSPS) is 13.8. The van der Waals surface area contributed by atoms with Crippen LogP contribution >= 0.6 is 0 Å². The summed E-state index contributed by atoms with van der Waals surface area (Å²) in [5.74, 6) is 0.639. The number of imidazole rings is 1. The number of halogens is 3. The molecule has 1 amide bonds. The number of rotatable bonds is 3. The molecule has 1 aliphatic rings. The maximum atomic E-state index is 12.6. The van der Waals surface area contributed by atoms with Crippen LogP contribution in [0.25, 0.3) is 11.3 Å². The monoisotopic (exact) mass is 385 g/mol. The lowest BCUT2D eigenvalue weighted by atomic mass is 10.1. The van der Waals surface area contributed by atoms with Crippen molar-refractivity contribution in [2.24, 2.45) is 0 Å². The van der Waals surface area contributed by atoms with Gasteiger partial charge in [0.1, 0.15) is 5.82 Å². The zero-order valence-corrected chi connectivity index (χ0v) is 15.0. The van der Waals surface area contributed by atoms with Crippen molar-refractivity contribution in [1.82, 2.24) is 9.55 Å². The van der Waals surface area contributed by atoms with Gasteiger partial charge in [-0.1, -0.05) is 12.1 Å². The number of nitrogens with zero attached hydrogens (tertiary/aromatic N) is 2. The Morgan fingerprint density at radius 1 is 1.00 bits per heavy atom. The van der Waals surface area contributed by atoms with Gasteiger partial charge in [0, 0.05) is 36.0 Å². The van der Waals surface area contributed by atoms with Gasteiger partial charge >= 0.3 is 6.18 Å². The molecule has 4 nitrogen and oxygen atoms in total. The number of fused-ring (bicyclic) bond motifs is 1. The quantitative estimate of drug-likeness (QED) is 0.677. The first-order valence-corrected chi connectivity index (χ1v) is 9.05. The van der Waals surface area contributed by atoms with Gasteiger partial charge in [-0.25, -0.2) is 4.98 Å². The molecule has 0 saturated heterocycles. The van der Waals surface area contributed by atoms with Gasteiger partial charge in [-0.05, 0) is 49.2 Å². The van der Waals surface area contributed by atoms with E-state index in [1.54, 1.807) is 12.1 Å². The molecule has 1 aromatic heterocycles. The largest absolute Gasteiger partial charge is 0.416 e. The summed E-state index contributed by atoms with van der Waals surface area (Å²) in [7, 11) is 0. The molecule has 0 fully saturated rings. The molecule has 0 saturated carbocycles. The minimum atomic E-state index is -4.42. The van der Waals surface area contributed by atoms with Gasteiger partial charge in [-0.15, -0.1) is 0 Å². The van der Waals surface area contributed by atoms with E-state index >= 15 is 0 Å². The highest BCUT2D eigenvalue weighted by Crippen LogP contribution is 2.29. The number of aryl methyl sites for hydroxylation is 2. The van der Waals surface area contributed by atoms with Crippen LogP contribution in [0.15, 0.2) is 54.7 Å². The number of anilines is 1. The summed E-state index contributed by atoms with van der Waals surface area (Å²) in [6, 6.07) is 11.4. The second-order valence-corrected chi connectivity index (χ2v) is 6.80. The molecule has 0 unspecified atom stereocenters. The summed E-state index contributed by atoms with van der Waals surface area (Å²) in [6.45, 7) is 0.990. The van der Waals surface area contributed by atoms with Crippen LogP contribution in [0.3, 0.4) is 0 Å². The molecule has 1 N–H and O–H groups in total. The van der Waals surface area contributed by atoms with Gasteiger partial charge in [-0.2, -0.15) is 13.2 Å². The lowest BCUT2D eigenvalue weighted by Gasteiger charge is -2.11. The first-order chi connectivity index (χ1) is 13.4. The zero-order valence-electron chi connectivity index (χ0n) is 15.0. The number of carbonyl (C=O) groups is 1. The molecule has 2 aromatic carbocycles. The SMILES string of the molecule is O=C(Nc1ccc(-c2cn3c(n2)CCCC3)cc1)c1ccc(C(F)(F)F)cc1. The number of carbonyl (C=O) groups excluding carboxylic acids is 1. The third kappa shape index (κ3) is 3.78. The molecule has 0 bridgehead atoms. The number of hydrogen-bond acceptors (Lipinski definition) is 2. The fourth-order valence-electron chi connectivity index (χ4n) is 3.29. The summed E-state index contributed by atoms with van der Waals surface area (Å²) in [5.41, 5.74) is 1.81. The van der Waals surface area contributed by atoms with Crippen molar-refractivity contribution >= 4 is 11.6 Å². The molecule has 0 aliphatic carbocycles. The van der Waals surface area contributed by atoms with Crippen molar-refractivity contribution in [2.75, 3.05) is 5.32 Å². The van der Waals surface area contributed by atoms with Crippen molar-refractivity contribution in [2.45, 2.75) is 32.0 Å². The van der Waals surface area contributed by atoms with Crippen molar-refractivity contribution < 1.29 is 18.0 Å². The van der Waals surface area contributed by atoms with E-state index in [0.29, 0.717) is 5.69 Å². The van der Waals surface area contributed by atoms with Gasteiger partial charge in [0.05, 0.1) is 11.3 Å². The Bertz CT molecular complexity index is 966. The van der Waals surface area contributed by atoms with E-state index < -0.39 is 17.6 Å². The molecular weight excluding hydrogens is 367 g/mol. The summed E-state index contributed by atoms with van der Waals surface area (Å²) in [4.78, 5) is 16.9. The third-order valence-corrected chi connectivity index (χ3v) is 4.82. The Morgan fingerprint density at radius 2 is 1.71 bits per heavy atom. The molecule has 7 heteroatoms. The molecule has 3 aromatic rings. The Hall–Kier alpha value is -3.09. The molecular formula is C21H18F3N3O. The molecule has 2 heterocycles. The average Bonchev–Trinajstić information content (AvgIpc) is 3.12. The second kappa shape index (κ2) is 7.14. The first-order valence-electron chi connectivity index (χ1n) is 9.05. The Labute approximate surface area is 160 Å². The lowest BCUT2D eigenvalue weighted by Crippen LogP contribution is -2.12. The standard InChI is InChI=1S/C21H18F3N3O/c22-21(23,24)16-8-4-15(5-9-16)20(28)25-17-10-6-14(7-11-17)18-13-27-12-2-1-3-19(27)26-18/h4-11,13H,1-3,12H2,(H,25,28). The predicted octanol–water partition coefficient (Wildman–Crippen LogP) is 5.16. The lowest BCUT2D eigenvalue weighted by molar-refractivity contribution is -0.137. The molecule has 144 valence electrons. The smallest absolute Gasteiger partial charge is 0.334 e. The fourth-order valence-corrected chi connectivity index (χ4v) is 3.29. The van der Waals surface area contributed by atoms with Crippen molar-refractivity contribution in [1.29, 1.82) is 0 Å². The van der Waals surface area contributed by atoms with Crippen LogP contribution < -0.4 is 5.32 Å². The highest BCUT2D eigenvalue weighted by Gasteiger charge is 2.30. The fraction of sp³-hybridized carbons (Fsp3) is 0.238. The Morgan fingerprint density at radius 3 is 2.36 bits per heavy atom. The first kappa shape index (κ1) is 18.3. The number of hydrogen-bond donors (Lipinski definition) is 1. The van der Waals surface area contributed by atoms with Crippen LogP contribution in [-0.4, -0.2) is 15.5 Å².